The van der Waals surface area contributed by atoms with Crippen LogP contribution in [0.3, 0.4) is 0 Å². The van der Waals surface area contributed by atoms with Crippen LogP contribution < -0.4 is 0 Å². The summed E-state index contributed by atoms with van der Waals surface area (Å²) in [7, 11) is 1.22. The molecule has 10 heavy (non-hydrogen) atoms. The predicted octanol–water partition coefficient (Wildman–Crippen LogP) is 2.48. The first kappa shape index (κ1) is 8.88. The van der Waals surface area contributed by atoms with Crippen LogP contribution in [0.2, 0.25) is 0 Å². The Morgan fingerprint density at radius 3 is 2.10 bits per heavy atom. The number of allylic oxidation sites excluding steroid dienone is 3. The highest BCUT2D eigenvalue weighted by Crippen LogP contribution is 2.16. The van der Waals surface area contributed by atoms with E-state index in [2.05, 4.69) is 17.9 Å². The molecule has 0 amide bonds. The maximum atomic E-state index is 12.4. The Bertz CT molecular complexity index is 182. The Morgan fingerprint density at radius 2 is 2.00 bits per heavy atom. The van der Waals surface area contributed by atoms with Crippen molar-refractivity contribution in [1.29, 1.82) is 0 Å². The molecule has 0 spiro atoms. The molecular weight excluding hydrogens is 138 g/mol. The van der Waals surface area contributed by atoms with E-state index in [0.29, 0.717) is 0 Å². The van der Waals surface area contributed by atoms with Crippen molar-refractivity contribution in [2.75, 3.05) is 7.11 Å². The van der Waals surface area contributed by atoms with E-state index >= 15 is 0 Å². The molecule has 0 aliphatic heterocycles. The van der Waals surface area contributed by atoms with E-state index < -0.39 is 11.7 Å². The molecule has 0 aromatic heterocycles. The fourth-order valence-electron chi connectivity index (χ4n) is 0.396. The number of hydrogen-bond acceptors (Lipinski definition) is 1. The quantitative estimate of drug-likeness (QED) is 0.439. The van der Waals surface area contributed by atoms with Gasteiger partial charge in [0.1, 0.15) is 0 Å². The van der Waals surface area contributed by atoms with E-state index in [9.17, 15) is 8.78 Å². The van der Waals surface area contributed by atoms with Crippen molar-refractivity contribution in [3.8, 4) is 0 Å². The fraction of sp³-hybridized carbons (Fsp3) is 0.143. The Kier molecular flexibility index (Phi) is 3.39. The van der Waals surface area contributed by atoms with Gasteiger partial charge in [-0.25, -0.2) is 4.39 Å². The monoisotopic (exact) mass is 146 g/mol. The van der Waals surface area contributed by atoms with E-state index in [1.165, 1.54) is 7.11 Å². The van der Waals surface area contributed by atoms with Crippen molar-refractivity contribution in [3.63, 3.8) is 0 Å². The maximum absolute atomic E-state index is 12.4. The zero-order valence-corrected chi connectivity index (χ0v) is 5.66. The fourth-order valence-corrected chi connectivity index (χ4v) is 0.396. The van der Waals surface area contributed by atoms with Gasteiger partial charge < -0.3 is 4.74 Å². The van der Waals surface area contributed by atoms with Gasteiger partial charge in [0, 0.05) is 0 Å². The highest BCUT2D eigenvalue weighted by Gasteiger charge is 2.05. The van der Waals surface area contributed by atoms with Gasteiger partial charge in [-0.05, 0) is 6.08 Å². The summed E-state index contributed by atoms with van der Waals surface area (Å²) in [5, 5.41) is 0. The largest absolute Gasteiger partial charge is 0.494 e. The van der Waals surface area contributed by atoms with Crippen molar-refractivity contribution in [2.24, 2.45) is 0 Å². The molecule has 0 saturated carbocycles. The minimum absolute atomic E-state index is 0.243. The summed E-state index contributed by atoms with van der Waals surface area (Å²) in [6.07, 6.45) is 1.07. The average Bonchev–Trinajstić information content (AvgIpc) is 1.90. The summed E-state index contributed by atoms with van der Waals surface area (Å²) >= 11 is 0. The third-order valence-electron chi connectivity index (χ3n) is 0.860. The van der Waals surface area contributed by atoms with Gasteiger partial charge in [-0.15, -0.1) is 0 Å². The van der Waals surface area contributed by atoms with E-state index in [-0.39, 0.29) is 5.76 Å². The highest BCUT2D eigenvalue weighted by atomic mass is 19.2. The molecule has 0 aliphatic rings. The van der Waals surface area contributed by atoms with Crippen molar-refractivity contribution in [2.45, 2.75) is 0 Å². The third kappa shape index (κ3) is 2.01. The van der Waals surface area contributed by atoms with Crippen LogP contribution in [0.25, 0.3) is 0 Å². The smallest absolute Gasteiger partial charge is 0.199 e. The lowest BCUT2D eigenvalue weighted by molar-refractivity contribution is 0.289. The van der Waals surface area contributed by atoms with E-state index in [1.54, 1.807) is 0 Å². The molecule has 1 nitrogen and oxygen atoms in total. The highest BCUT2D eigenvalue weighted by molar-refractivity contribution is 5.25. The van der Waals surface area contributed by atoms with E-state index in [4.69, 9.17) is 0 Å². The topological polar surface area (TPSA) is 9.23 Å². The summed E-state index contributed by atoms with van der Waals surface area (Å²) < 4.78 is 28.8. The van der Waals surface area contributed by atoms with Gasteiger partial charge in [0.25, 0.3) is 0 Å². The molecule has 56 valence electrons. The van der Waals surface area contributed by atoms with Gasteiger partial charge in [-0.3, -0.25) is 0 Å². The van der Waals surface area contributed by atoms with Crippen LogP contribution in [0.15, 0.2) is 36.6 Å². The summed E-state index contributed by atoms with van der Waals surface area (Å²) in [5.74, 6) is -2.51. The van der Waals surface area contributed by atoms with Crippen molar-refractivity contribution in [3.05, 3.63) is 36.6 Å². The first-order valence-corrected chi connectivity index (χ1v) is 2.54. The van der Waals surface area contributed by atoms with Gasteiger partial charge in [-0.2, -0.15) is 4.39 Å². The Morgan fingerprint density at radius 1 is 1.50 bits per heavy atom. The third-order valence-corrected chi connectivity index (χ3v) is 0.860. The van der Waals surface area contributed by atoms with Crippen molar-refractivity contribution in [1.82, 2.24) is 0 Å². The minimum atomic E-state index is -1.16. The molecule has 0 heterocycles. The van der Waals surface area contributed by atoms with Gasteiger partial charge >= 0.3 is 0 Å². The van der Waals surface area contributed by atoms with E-state index in [1.807, 2.05) is 0 Å². The normalized spacial score (nSPS) is 11.9. The maximum Gasteiger partial charge on any atom is 0.199 e. The molecule has 0 rings (SSSR count). The van der Waals surface area contributed by atoms with Gasteiger partial charge in [0.15, 0.2) is 17.4 Å². The summed E-state index contributed by atoms with van der Waals surface area (Å²) in [6.45, 7) is 5.95. The Labute approximate surface area is 58.3 Å². The molecule has 0 unspecified atom stereocenters. The summed E-state index contributed by atoms with van der Waals surface area (Å²) in [4.78, 5) is 0. The lowest BCUT2D eigenvalue weighted by atomic mass is 10.4. The summed E-state index contributed by atoms with van der Waals surface area (Å²) in [5.41, 5.74) is 0. The van der Waals surface area contributed by atoms with Crippen molar-refractivity contribution < 1.29 is 13.5 Å². The van der Waals surface area contributed by atoms with Crippen LogP contribution in [-0.2, 0) is 4.74 Å². The lowest BCUT2D eigenvalue weighted by Gasteiger charge is -1.99. The molecular formula is C7H8F2O. The standard InChI is InChI=1S/C7H8F2O/c1-4-6(10-3)7(9)5(2)8/h4H,1-2H2,3H3/b7-6-. The number of methoxy groups -OCH3 is 1. The molecule has 0 saturated heterocycles. The number of ether oxygens (including phenoxy) is 1. The van der Waals surface area contributed by atoms with Crippen LogP contribution >= 0.6 is 0 Å². The average molecular weight is 146 g/mol. The van der Waals surface area contributed by atoms with Crippen LogP contribution in [0.4, 0.5) is 8.78 Å². The molecule has 0 aliphatic carbocycles. The van der Waals surface area contributed by atoms with Crippen LogP contribution in [0, 0.1) is 0 Å². The predicted molar refractivity (Wildman–Crippen MR) is 35.6 cm³/mol. The molecule has 0 bridgehead atoms. The van der Waals surface area contributed by atoms with E-state index in [0.717, 1.165) is 6.08 Å². The number of hydrogen-bond donors (Lipinski definition) is 0. The molecule has 0 fully saturated rings. The number of rotatable bonds is 3. The molecule has 0 radical (unpaired) electrons. The van der Waals surface area contributed by atoms with Crippen molar-refractivity contribution >= 4 is 0 Å². The number of halogens is 2. The zero-order valence-electron chi connectivity index (χ0n) is 5.66. The van der Waals surface area contributed by atoms with Gasteiger partial charge in [0.05, 0.1) is 7.11 Å². The first-order chi connectivity index (χ1) is 4.63. The molecule has 0 aromatic rings. The Hall–Kier alpha value is -1.12. The van der Waals surface area contributed by atoms with Gasteiger partial charge in [0.2, 0.25) is 0 Å². The molecule has 0 atom stereocenters. The SMILES string of the molecule is C=C/C(OC)=C(/F)C(=C)F. The zero-order chi connectivity index (χ0) is 8.15. The second-order valence-electron chi connectivity index (χ2n) is 1.49. The lowest BCUT2D eigenvalue weighted by Crippen LogP contribution is -1.86. The minimum Gasteiger partial charge on any atom is -0.494 e. The van der Waals surface area contributed by atoms with Crippen LogP contribution in [0.1, 0.15) is 0 Å². The first-order valence-electron chi connectivity index (χ1n) is 2.54. The molecule has 0 N–H and O–H groups in total. The molecule has 0 aromatic carbocycles. The molecule has 3 heteroatoms. The Balaban J connectivity index is 4.59. The van der Waals surface area contributed by atoms with Crippen LogP contribution in [-0.4, -0.2) is 7.11 Å². The van der Waals surface area contributed by atoms with Crippen LogP contribution in [0.5, 0.6) is 0 Å². The second kappa shape index (κ2) is 3.82. The van der Waals surface area contributed by atoms with Gasteiger partial charge in [-0.1, -0.05) is 13.2 Å². The summed E-state index contributed by atoms with van der Waals surface area (Å²) in [6, 6.07) is 0. The second-order valence-corrected chi connectivity index (χ2v) is 1.49.